The second kappa shape index (κ2) is 14.3. The van der Waals surface area contributed by atoms with Gasteiger partial charge in [0.2, 0.25) is 0 Å². The fourth-order valence-electron chi connectivity index (χ4n) is 5.07. The minimum absolute atomic E-state index is 0.0239. The van der Waals surface area contributed by atoms with Gasteiger partial charge in [0.15, 0.2) is 17.0 Å². The Balaban J connectivity index is 1.39. The van der Waals surface area contributed by atoms with Crippen molar-refractivity contribution in [2.24, 2.45) is 4.99 Å². The second-order valence-electron chi connectivity index (χ2n) is 11.0. The van der Waals surface area contributed by atoms with Gasteiger partial charge in [0.1, 0.15) is 37.1 Å². The van der Waals surface area contributed by atoms with Crippen LogP contribution in [0.15, 0.2) is 95.0 Å². The Morgan fingerprint density at radius 2 is 1.60 bits per heavy atom. The van der Waals surface area contributed by atoms with E-state index in [0.29, 0.717) is 15.6 Å². The number of halogens is 2. The lowest BCUT2D eigenvalue weighted by atomic mass is 10.1. The van der Waals surface area contributed by atoms with Gasteiger partial charge in [-0.05, 0) is 48.5 Å². The molecule has 0 saturated carbocycles. The molecule has 0 radical (unpaired) electrons. The molecule has 1 fully saturated rings. The van der Waals surface area contributed by atoms with Crippen LogP contribution < -0.4 is 5.56 Å². The molecule has 5 aromatic rings. The molecule has 0 spiro atoms. The van der Waals surface area contributed by atoms with Gasteiger partial charge in [0, 0.05) is 36.1 Å². The van der Waals surface area contributed by atoms with Crippen molar-refractivity contribution >= 4 is 58.5 Å². The van der Waals surface area contributed by atoms with E-state index in [-0.39, 0.29) is 46.8 Å². The van der Waals surface area contributed by atoms with Crippen molar-refractivity contribution in [1.82, 2.24) is 24.4 Å². The van der Waals surface area contributed by atoms with Crippen molar-refractivity contribution in [2.45, 2.75) is 24.9 Å². The Bertz CT molecular complexity index is 2040. The zero-order valence-corrected chi connectivity index (χ0v) is 27.2. The highest BCUT2D eigenvalue weighted by atomic mass is 35.5. The summed E-state index contributed by atoms with van der Waals surface area (Å²) >= 11 is 12.0. The first-order valence-electron chi connectivity index (χ1n) is 14.8. The number of ether oxygens (including phenoxy) is 3. The van der Waals surface area contributed by atoms with Gasteiger partial charge in [-0.25, -0.2) is 29.5 Å². The van der Waals surface area contributed by atoms with E-state index in [1.54, 1.807) is 59.8 Å². The van der Waals surface area contributed by atoms with Crippen LogP contribution in [0, 0.1) is 0 Å². The third kappa shape index (κ3) is 7.20. The quantitative estimate of drug-likeness (QED) is 0.107. The standard InChI is InChI=1S/C34H28Cl2N6O6/c1-41(2)19-39-30-29-31(38-18-37-30)42(32(43)28(40-29)20-6-4-3-5-7-20)27-16-25(48-34(45)22-10-14-24(36)15-11-22)26(47-27)17-46-33(44)21-8-12-23(35)13-9-21/h3-15,18-19,25-27H,16-17H2,1-2H3/t25-,26+,27+/m0/s1. The first kappa shape index (κ1) is 32.8. The predicted octanol–water partition coefficient (Wildman–Crippen LogP) is 5.75. The number of esters is 2. The second-order valence-corrected chi connectivity index (χ2v) is 11.9. The Hall–Kier alpha value is -5.17. The van der Waals surface area contributed by atoms with Crippen molar-refractivity contribution in [2.75, 3.05) is 20.7 Å². The summed E-state index contributed by atoms with van der Waals surface area (Å²) in [5, 5.41) is 0.921. The summed E-state index contributed by atoms with van der Waals surface area (Å²) < 4.78 is 19.2. The van der Waals surface area contributed by atoms with Crippen LogP contribution in [-0.4, -0.2) is 75.6 Å². The molecule has 0 N–H and O–H groups in total. The molecule has 2 aromatic heterocycles. The van der Waals surface area contributed by atoms with Crippen molar-refractivity contribution in [1.29, 1.82) is 0 Å². The summed E-state index contributed by atoms with van der Waals surface area (Å²) in [6, 6.07) is 21.4. The van der Waals surface area contributed by atoms with Crippen LogP contribution in [0.3, 0.4) is 0 Å². The molecule has 3 aromatic carbocycles. The van der Waals surface area contributed by atoms with Crippen molar-refractivity contribution in [3.63, 3.8) is 0 Å². The number of aliphatic imine (C=N–C) groups is 1. The highest BCUT2D eigenvalue weighted by molar-refractivity contribution is 6.31. The lowest BCUT2D eigenvalue weighted by Crippen LogP contribution is -2.32. The van der Waals surface area contributed by atoms with Crippen LogP contribution in [0.25, 0.3) is 22.4 Å². The SMILES string of the molecule is CN(C)C=Nc1ncnc2c1nc(-c1ccccc1)c(=O)n2[C@H]1C[C@H](OC(=O)c2ccc(Cl)cc2)[C@@H](COC(=O)c2ccc(Cl)cc2)O1. The van der Waals surface area contributed by atoms with E-state index in [9.17, 15) is 14.4 Å². The molecular weight excluding hydrogens is 659 g/mol. The van der Waals surface area contributed by atoms with E-state index in [0.717, 1.165) is 0 Å². The number of hydrogen-bond acceptors (Lipinski definition) is 10. The van der Waals surface area contributed by atoms with Gasteiger partial charge >= 0.3 is 11.9 Å². The molecular formula is C34H28Cl2N6O6. The number of aromatic nitrogens is 4. The molecule has 1 aliphatic rings. The zero-order chi connectivity index (χ0) is 33.8. The lowest BCUT2D eigenvalue weighted by Gasteiger charge is -2.19. The predicted molar refractivity (Wildman–Crippen MR) is 180 cm³/mol. The zero-order valence-electron chi connectivity index (χ0n) is 25.7. The molecule has 6 rings (SSSR count). The molecule has 3 atom stereocenters. The highest BCUT2D eigenvalue weighted by Crippen LogP contribution is 2.34. The van der Waals surface area contributed by atoms with E-state index in [4.69, 9.17) is 37.4 Å². The Labute approximate surface area is 284 Å². The van der Waals surface area contributed by atoms with Crippen molar-refractivity contribution in [3.05, 3.63) is 117 Å². The van der Waals surface area contributed by atoms with Crippen LogP contribution >= 0.6 is 23.2 Å². The average molecular weight is 688 g/mol. The van der Waals surface area contributed by atoms with Crippen molar-refractivity contribution < 1.29 is 23.8 Å². The number of fused-ring (bicyclic) bond motifs is 1. The first-order chi connectivity index (χ1) is 23.2. The molecule has 0 aliphatic carbocycles. The molecule has 0 unspecified atom stereocenters. The summed E-state index contributed by atoms with van der Waals surface area (Å²) in [6.45, 7) is -0.285. The molecule has 0 amide bonds. The normalized spacial score (nSPS) is 17.5. The van der Waals surface area contributed by atoms with Gasteiger partial charge in [0.05, 0.1) is 17.5 Å². The molecule has 3 heterocycles. The van der Waals surface area contributed by atoms with Crippen molar-refractivity contribution in [3.8, 4) is 11.3 Å². The number of hydrogen-bond donors (Lipinski definition) is 0. The maximum Gasteiger partial charge on any atom is 0.338 e. The lowest BCUT2D eigenvalue weighted by molar-refractivity contribution is -0.0569. The number of nitrogens with zero attached hydrogens (tertiary/aromatic N) is 6. The van der Waals surface area contributed by atoms with Crippen LogP contribution in [0.1, 0.15) is 33.4 Å². The molecule has 1 saturated heterocycles. The van der Waals surface area contributed by atoms with Gasteiger partial charge in [-0.15, -0.1) is 0 Å². The molecule has 0 bridgehead atoms. The molecule has 14 heteroatoms. The number of benzene rings is 3. The van der Waals surface area contributed by atoms with Gasteiger partial charge in [0.25, 0.3) is 5.56 Å². The molecule has 1 aliphatic heterocycles. The first-order valence-corrected chi connectivity index (χ1v) is 15.5. The van der Waals surface area contributed by atoms with Crippen LogP contribution in [0.4, 0.5) is 5.82 Å². The molecule has 48 heavy (non-hydrogen) atoms. The highest BCUT2D eigenvalue weighted by Gasteiger charge is 2.41. The minimum atomic E-state index is -1.01. The Morgan fingerprint density at radius 3 is 2.25 bits per heavy atom. The maximum absolute atomic E-state index is 14.2. The Kier molecular flexibility index (Phi) is 9.76. The summed E-state index contributed by atoms with van der Waals surface area (Å²) in [7, 11) is 3.62. The monoisotopic (exact) mass is 686 g/mol. The van der Waals surface area contributed by atoms with E-state index in [1.807, 2.05) is 20.2 Å². The third-order valence-corrected chi connectivity index (χ3v) is 7.88. The summed E-state index contributed by atoms with van der Waals surface area (Å²) in [5.74, 6) is -1.04. The van der Waals surface area contributed by atoms with E-state index < -0.39 is 35.9 Å². The van der Waals surface area contributed by atoms with Gasteiger partial charge in [-0.2, -0.15) is 0 Å². The topological polar surface area (TPSA) is 138 Å². The van der Waals surface area contributed by atoms with E-state index in [2.05, 4.69) is 19.9 Å². The van der Waals surface area contributed by atoms with Crippen LogP contribution in [0.5, 0.6) is 0 Å². The average Bonchev–Trinajstić information content (AvgIpc) is 3.48. The maximum atomic E-state index is 14.2. The smallest absolute Gasteiger partial charge is 0.338 e. The fraction of sp³-hybridized carbons (Fsp3) is 0.206. The largest absolute Gasteiger partial charge is 0.459 e. The number of carbonyl (C=O) groups excluding carboxylic acids is 2. The molecule has 244 valence electrons. The minimum Gasteiger partial charge on any atom is -0.459 e. The van der Waals surface area contributed by atoms with Crippen LogP contribution in [-0.2, 0) is 14.2 Å². The van der Waals surface area contributed by atoms with Gasteiger partial charge in [-0.3, -0.25) is 9.36 Å². The summed E-state index contributed by atoms with van der Waals surface area (Å²) in [6.07, 6.45) is -0.0256. The van der Waals surface area contributed by atoms with Gasteiger partial charge < -0.3 is 19.1 Å². The van der Waals surface area contributed by atoms with E-state index in [1.165, 1.54) is 35.2 Å². The number of carbonyl (C=O) groups is 2. The fourth-order valence-corrected chi connectivity index (χ4v) is 5.33. The summed E-state index contributed by atoms with van der Waals surface area (Å²) in [4.78, 5) is 59.9. The Morgan fingerprint density at radius 1 is 0.958 bits per heavy atom. The summed E-state index contributed by atoms with van der Waals surface area (Å²) in [5.41, 5.74) is 1.12. The third-order valence-electron chi connectivity index (χ3n) is 7.38. The molecule has 12 nitrogen and oxygen atoms in total. The van der Waals surface area contributed by atoms with E-state index >= 15 is 0 Å². The van der Waals surface area contributed by atoms with Crippen LogP contribution in [0.2, 0.25) is 10.0 Å². The number of rotatable bonds is 9. The van der Waals surface area contributed by atoms with Gasteiger partial charge in [-0.1, -0.05) is 53.5 Å².